The van der Waals surface area contributed by atoms with Gasteiger partial charge in [0, 0.05) is 12.6 Å². The second-order valence-electron chi connectivity index (χ2n) is 5.76. The molecule has 2 heterocycles. The number of nitrogens with one attached hydrogen (secondary N) is 1. The van der Waals surface area contributed by atoms with Gasteiger partial charge in [0.1, 0.15) is 6.04 Å². The molecular formula is C14H24N2O3. The zero-order valence-corrected chi connectivity index (χ0v) is 12.0. The Morgan fingerprint density at radius 2 is 2.21 bits per heavy atom. The van der Waals surface area contributed by atoms with E-state index < -0.39 is 0 Å². The van der Waals surface area contributed by atoms with Gasteiger partial charge in [-0.15, -0.1) is 0 Å². The van der Waals surface area contributed by atoms with Gasteiger partial charge in [-0.25, -0.2) is 0 Å². The topological polar surface area (TPSA) is 58.6 Å². The van der Waals surface area contributed by atoms with E-state index >= 15 is 0 Å². The molecule has 0 aromatic carbocycles. The molecular weight excluding hydrogens is 244 g/mol. The Kier molecular flexibility index (Phi) is 4.45. The number of hydrogen-bond acceptors (Lipinski definition) is 3. The molecule has 0 aromatic heterocycles. The van der Waals surface area contributed by atoms with Crippen LogP contribution in [0.3, 0.4) is 0 Å². The van der Waals surface area contributed by atoms with Gasteiger partial charge in [-0.05, 0) is 25.7 Å². The van der Waals surface area contributed by atoms with E-state index in [-0.39, 0.29) is 42.5 Å². The van der Waals surface area contributed by atoms with E-state index in [0.717, 1.165) is 19.3 Å². The Morgan fingerprint density at radius 1 is 1.47 bits per heavy atom. The van der Waals surface area contributed by atoms with Crippen molar-refractivity contribution in [2.75, 3.05) is 13.2 Å². The van der Waals surface area contributed by atoms with Crippen LogP contribution in [0, 0.1) is 5.92 Å². The summed E-state index contributed by atoms with van der Waals surface area (Å²) in [4.78, 5) is 26.2. The van der Waals surface area contributed by atoms with Gasteiger partial charge in [0.15, 0.2) is 0 Å². The van der Waals surface area contributed by atoms with Crippen molar-refractivity contribution < 1.29 is 14.3 Å². The van der Waals surface area contributed by atoms with Crippen molar-refractivity contribution in [3.05, 3.63) is 0 Å². The molecule has 0 saturated carbocycles. The third-order valence-electron chi connectivity index (χ3n) is 4.29. The van der Waals surface area contributed by atoms with Crippen LogP contribution in [0.4, 0.5) is 0 Å². The maximum absolute atomic E-state index is 12.5. The number of carbonyl (C=O) groups excluding carboxylic acids is 2. The summed E-state index contributed by atoms with van der Waals surface area (Å²) in [5.41, 5.74) is 0. The monoisotopic (exact) mass is 268 g/mol. The van der Waals surface area contributed by atoms with Crippen LogP contribution in [-0.2, 0) is 14.3 Å². The van der Waals surface area contributed by atoms with Gasteiger partial charge in [0.2, 0.25) is 11.8 Å². The summed E-state index contributed by atoms with van der Waals surface area (Å²) in [6.45, 7) is 6.94. The van der Waals surface area contributed by atoms with E-state index in [4.69, 9.17) is 4.74 Å². The minimum atomic E-state index is -0.357. The van der Waals surface area contributed by atoms with Gasteiger partial charge in [0.25, 0.3) is 0 Å². The van der Waals surface area contributed by atoms with Crippen molar-refractivity contribution in [2.24, 2.45) is 5.92 Å². The predicted molar refractivity (Wildman–Crippen MR) is 71.5 cm³/mol. The van der Waals surface area contributed by atoms with Crippen LogP contribution in [0.25, 0.3) is 0 Å². The summed E-state index contributed by atoms with van der Waals surface area (Å²) in [5.74, 6) is 0.216. The Labute approximate surface area is 114 Å². The van der Waals surface area contributed by atoms with Crippen molar-refractivity contribution in [3.63, 3.8) is 0 Å². The van der Waals surface area contributed by atoms with E-state index in [1.165, 1.54) is 0 Å². The highest BCUT2D eigenvalue weighted by atomic mass is 16.5. The third kappa shape index (κ3) is 3.08. The average molecular weight is 268 g/mol. The molecule has 2 amide bonds. The van der Waals surface area contributed by atoms with Crippen molar-refractivity contribution in [1.29, 1.82) is 0 Å². The average Bonchev–Trinajstić information content (AvgIpc) is 2.40. The number of nitrogens with zero attached hydrogens (tertiary/aromatic N) is 1. The second kappa shape index (κ2) is 5.90. The van der Waals surface area contributed by atoms with Gasteiger partial charge in [-0.2, -0.15) is 0 Å². The molecule has 4 unspecified atom stereocenters. The smallest absolute Gasteiger partial charge is 0.246 e. The van der Waals surface area contributed by atoms with Crippen molar-refractivity contribution in [2.45, 2.75) is 58.2 Å². The zero-order chi connectivity index (χ0) is 14.0. The standard InChI is InChI=1S/C14H24N2O3/c1-4-9(2)13-14(18)16(8-12(17)15-13)11-5-6-19-10(3)7-11/h9-11,13H,4-8H2,1-3H3,(H,15,17). The van der Waals surface area contributed by atoms with E-state index in [1.54, 1.807) is 4.90 Å². The Hall–Kier alpha value is -1.10. The molecule has 2 rings (SSSR count). The Morgan fingerprint density at radius 3 is 2.84 bits per heavy atom. The number of piperazine rings is 1. The molecule has 2 fully saturated rings. The fourth-order valence-electron chi connectivity index (χ4n) is 2.88. The Balaban J connectivity index is 2.10. The molecule has 5 nitrogen and oxygen atoms in total. The first-order chi connectivity index (χ1) is 9.02. The normalized spacial score (nSPS) is 34.1. The summed E-state index contributed by atoms with van der Waals surface area (Å²) in [6.07, 6.45) is 2.70. The first-order valence-electron chi connectivity index (χ1n) is 7.24. The molecule has 19 heavy (non-hydrogen) atoms. The van der Waals surface area contributed by atoms with Crippen LogP contribution in [0.1, 0.15) is 40.0 Å². The van der Waals surface area contributed by atoms with E-state index in [2.05, 4.69) is 5.32 Å². The molecule has 0 aliphatic carbocycles. The third-order valence-corrected chi connectivity index (χ3v) is 4.29. The van der Waals surface area contributed by atoms with Crippen LogP contribution in [-0.4, -0.2) is 48.1 Å². The fourth-order valence-corrected chi connectivity index (χ4v) is 2.88. The van der Waals surface area contributed by atoms with Crippen LogP contribution < -0.4 is 5.32 Å². The lowest BCUT2D eigenvalue weighted by atomic mass is 9.93. The highest BCUT2D eigenvalue weighted by Gasteiger charge is 2.39. The molecule has 1 N–H and O–H groups in total. The second-order valence-corrected chi connectivity index (χ2v) is 5.76. The van der Waals surface area contributed by atoms with Crippen LogP contribution >= 0.6 is 0 Å². The predicted octanol–water partition coefficient (Wildman–Crippen LogP) is 0.927. The summed E-state index contributed by atoms with van der Waals surface area (Å²) in [7, 11) is 0. The van der Waals surface area contributed by atoms with E-state index in [9.17, 15) is 9.59 Å². The van der Waals surface area contributed by atoms with Gasteiger partial charge in [-0.1, -0.05) is 20.3 Å². The van der Waals surface area contributed by atoms with Gasteiger partial charge >= 0.3 is 0 Å². The zero-order valence-electron chi connectivity index (χ0n) is 12.0. The largest absolute Gasteiger partial charge is 0.378 e. The van der Waals surface area contributed by atoms with Crippen LogP contribution in [0.15, 0.2) is 0 Å². The fraction of sp³-hybridized carbons (Fsp3) is 0.857. The van der Waals surface area contributed by atoms with Crippen molar-refractivity contribution >= 4 is 11.8 Å². The molecule has 2 aliphatic heterocycles. The maximum atomic E-state index is 12.5. The Bertz CT molecular complexity index is 359. The molecule has 0 radical (unpaired) electrons. The van der Waals surface area contributed by atoms with Crippen LogP contribution in [0.5, 0.6) is 0 Å². The molecule has 5 heteroatoms. The minimum Gasteiger partial charge on any atom is -0.378 e. The molecule has 2 saturated heterocycles. The molecule has 108 valence electrons. The first-order valence-corrected chi connectivity index (χ1v) is 7.24. The summed E-state index contributed by atoms with van der Waals surface area (Å²) >= 11 is 0. The molecule has 2 aliphatic rings. The van der Waals surface area contributed by atoms with Crippen LogP contribution in [0.2, 0.25) is 0 Å². The SMILES string of the molecule is CCC(C)C1NC(=O)CN(C2CCOC(C)C2)C1=O. The number of rotatable bonds is 3. The lowest BCUT2D eigenvalue weighted by Crippen LogP contribution is -2.63. The summed E-state index contributed by atoms with van der Waals surface area (Å²) < 4.78 is 5.52. The molecule has 0 bridgehead atoms. The minimum absolute atomic E-state index is 0.0379. The lowest BCUT2D eigenvalue weighted by molar-refractivity contribution is -0.151. The van der Waals surface area contributed by atoms with Gasteiger partial charge in [0.05, 0.1) is 12.6 Å². The molecule has 4 atom stereocenters. The van der Waals surface area contributed by atoms with E-state index in [1.807, 2.05) is 20.8 Å². The van der Waals surface area contributed by atoms with Crippen molar-refractivity contribution in [3.8, 4) is 0 Å². The highest BCUT2D eigenvalue weighted by Crippen LogP contribution is 2.23. The van der Waals surface area contributed by atoms with Gasteiger partial charge in [-0.3, -0.25) is 9.59 Å². The highest BCUT2D eigenvalue weighted by molar-refractivity contribution is 5.95. The number of ether oxygens (including phenoxy) is 1. The number of hydrogen-bond donors (Lipinski definition) is 1. The van der Waals surface area contributed by atoms with Crippen molar-refractivity contribution in [1.82, 2.24) is 10.2 Å². The summed E-state index contributed by atoms with van der Waals surface area (Å²) in [5, 5.41) is 2.84. The maximum Gasteiger partial charge on any atom is 0.246 e. The molecule has 0 aromatic rings. The number of carbonyl (C=O) groups is 2. The summed E-state index contributed by atoms with van der Waals surface area (Å²) in [6, 6.07) is -0.210. The first kappa shape index (κ1) is 14.3. The number of amides is 2. The molecule has 0 spiro atoms. The van der Waals surface area contributed by atoms with Gasteiger partial charge < -0.3 is 15.0 Å². The van der Waals surface area contributed by atoms with E-state index in [0.29, 0.717) is 6.61 Å². The quantitative estimate of drug-likeness (QED) is 0.828. The lowest BCUT2D eigenvalue weighted by Gasteiger charge is -2.42.